The molecule has 0 N–H and O–H groups in total. The molecule has 0 spiro atoms. The SMILES string of the molecule is Cc1cc(-c2noc(Cc3ccc(S(=O)(=O)N4CCCCC4)cc3)n2)ccc1-n1cccn1. The van der Waals surface area contributed by atoms with Crippen LogP contribution in [0.1, 0.15) is 36.3 Å². The summed E-state index contributed by atoms with van der Waals surface area (Å²) in [5.41, 5.74) is 3.81. The highest BCUT2D eigenvalue weighted by Crippen LogP contribution is 2.24. The number of aryl methyl sites for hydroxylation is 1. The Bertz CT molecular complexity index is 1340. The summed E-state index contributed by atoms with van der Waals surface area (Å²) < 4.78 is 34.5. The normalized spacial score (nSPS) is 15.1. The Hall–Kier alpha value is -3.30. The van der Waals surface area contributed by atoms with Gasteiger partial charge >= 0.3 is 0 Å². The lowest BCUT2D eigenvalue weighted by molar-refractivity contribution is 0.346. The van der Waals surface area contributed by atoms with Crippen molar-refractivity contribution in [1.29, 1.82) is 0 Å². The second-order valence-corrected chi connectivity index (χ2v) is 10.2. The molecular weight excluding hydrogens is 438 g/mol. The Morgan fingerprint density at radius 1 is 1.03 bits per heavy atom. The van der Waals surface area contributed by atoms with Crippen molar-refractivity contribution in [2.45, 2.75) is 37.5 Å². The number of piperidine rings is 1. The molecule has 9 heteroatoms. The summed E-state index contributed by atoms with van der Waals surface area (Å²) in [6, 6.07) is 14.8. The highest BCUT2D eigenvalue weighted by molar-refractivity contribution is 7.89. The maximum Gasteiger partial charge on any atom is 0.243 e. The number of sulfonamides is 1. The van der Waals surface area contributed by atoms with E-state index in [0.717, 1.165) is 41.6 Å². The summed E-state index contributed by atoms with van der Waals surface area (Å²) in [7, 11) is -3.43. The molecule has 1 aliphatic rings. The molecule has 0 saturated carbocycles. The Morgan fingerprint density at radius 2 is 1.82 bits per heavy atom. The van der Waals surface area contributed by atoms with Crippen molar-refractivity contribution in [3.8, 4) is 17.1 Å². The van der Waals surface area contributed by atoms with E-state index in [9.17, 15) is 8.42 Å². The third kappa shape index (κ3) is 4.46. The Morgan fingerprint density at radius 3 is 2.52 bits per heavy atom. The van der Waals surface area contributed by atoms with Gasteiger partial charge in [-0.25, -0.2) is 13.1 Å². The van der Waals surface area contributed by atoms with Crippen LogP contribution in [0.25, 0.3) is 17.1 Å². The van der Waals surface area contributed by atoms with Gasteiger partial charge in [-0.1, -0.05) is 23.7 Å². The molecule has 33 heavy (non-hydrogen) atoms. The molecule has 170 valence electrons. The molecule has 0 amide bonds. The molecule has 1 aliphatic heterocycles. The Labute approximate surface area is 192 Å². The smallest absolute Gasteiger partial charge is 0.243 e. The van der Waals surface area contributed by atoms with E-state index in [-0.39, 0.29) is 0 Å². The Balaban J connectivity index is 1.30. The average molecular weight is 464 g/mol. The minimum atomic E-state index is -3.43. The van der Waals surface area contributed by atoms with Crippen molar-refractivity contribution in [3.63, 3.8) is 0 Å². The summed E-state index contributed by atoms with van der Waals surface area (Å²) in [4.78, 5) is 4.85. The van der Waals surface area contributed by atoms with Gasteiger partial charge in [-0.05, 0) is 67.3 Å². The predicted molar refractivity (Wildman–Crippen MR) is 123 cm³/mol. The minimum Gasteiger partial charge on any atom is -0.339 e. The molecule has 0 unspecified atom stereocenters. The topological polar surface area (TPSA) is 94.1 Å². The van der Waals surface area contributed by atoms with E-state index in [0.29, 0.717) is 36.1 Å². The van der Waals surface area contributed by atoms with Crippen molar-refractivity contribution >= 4 is 10.0 Å². The van der Waals surface area contributed by atoms with Gasteiger partial charge in [0.2, 0.25) is 21.7 Å². The van der Waals surface area contributed by atoms with Gasteiger partial charge in [-0.15, -0.1) is 0 Å². The first-order valence-electron chi connectivity index (χ1n) is 11.0. The molecule has 0 aliphatic carbocycles. The van der Waals surface area contributed by atoms with Crippen LogP contribution in [0.4, 0.5) is 0 Å². The fourth-order valence-corrected chi connectivity index (χ4v) is 5.63. The summed E-state index contributed by atoms with van der Waals surface area (Å²) in [6.45, 7) is 3.20. The number of nitrogens with zero attached hydrogens (tertiary/aromatic N) is 5. The third-order valence-electron chi connectivity index (χ3n) is 5.91. The van der Waals surface area contributed by atoms with E-state index in [4.69, 9.17) is 4.52 Å². The lowest BCUT2D eigenvalue weighted by Gasteiger charge is -2.25. The largest absolute Gasteiger partial charge is 0.339 e. The van der Waals surface area contributed by atoms with Crippen LogP contribution in [0.15, 0.2) is 70.3 Å². The monoisotopic (exact) mass is 463 g/mol. The van der Waals surface area contributed by atoms with E-state index < -0.39 is 10.0 Å². The van der Waals surface area contributed by atoms with Crippen LogP contribution in [0, 0.1) is 6.92 Å². The molecular formula is C24H25N5O3S. The zero-order valence-electron chi connectivity index (χ0n) is 18.4. The van der Waals surface area contributed by atoms with E-state index in [1.54, 1.807) is 22.6 Å². The molecule has 0 bridgehead atoms. The molecule has 0 atom stereocenters. The van der Waals surface area contributed by atoms with Gasteiger partial charge in [-0.2, -0.15) is 14.4 Å². The van der Waals surface area contributed by atoms with E-state index in [1.165, 1.54) is 0 Å². The lowest BCUT2D eigenvalue weighted by atomic mass is 10.1. The van der Waals surface area contributed by atoms with Crippen LogP contribution in [0.3, 0.4) is 0 Å². The quantitative estimate of drug-likeness (QED) is 0.429. The summed E-state index contributed by atoms with van der Waals surface area (Å²) in [5, 5.41) is 8.40. The average Bonchev–Trinajstić information content (AvgIpc) is 3.53. The number of hydrogen-bond donors (Lipinski definition) is 0. The number of rotatable bonds is 6. The highest BCUT2D eigenvalue weighted by Gasteiger charge is 2.25. The molecule has 4 aromatic rings. The molecule has 2 aromatic heterocycles. The van der Waals surface area contributed by atoms with Crippen molar-refractivity contribution < 1.29 is 12.9 Å². The predicted octanol–water partition coefficient (Wildman–Crippen LogP) is 4.00. The fraction of sp³-hybridized carbons (Fsp3) is 0.292. The first-order valence-corrected chi connectivity index (χ1v) is 12.5. The fourth-order valence-electron chi connectivity index (χ4n) is 4.12. The van der Waals surface area contributed by atoms with Crippen molar-refractivity contribution in [1.82, 2.24) is 24.2 Å². The second-order valence-electron chi connectivity index (χ2n) is 8.25. The van der Waals surface area contributed by atoms with E-state index in [2.05, 4.69) is 15.2 Å². The number of benzene rings is 2. The zero-order chi connectivity index (χ0) is 22.8. The number of aromatic nitrogens is 4. The zero-order valence-corrected chi connectivity index (χ0v) is 19.2. The lowest BCUT2D eigenvalue weighted by Crippen LogP contribution is -2.35. The van der Waals surface area contributed by atoms with Crippen LogP contribution < -0.4 is 0 Å². The van der Waals surface area contributed by atoms with Crippen molar-refractivity contribution in [3.05, 3.63) is 77.9 Å². The van der Waals surface area contributed by atoms with Crippen LogP contribution in [-0.4, -0.2) is 45.7 Å². The summed E-state index contributed by atoms with van der Waals surface area (Å²) in [6.07, 6.45) is 7.00. The second kappa shape index (κ2) is 8.92. The number of hydrogen-bond acceptors (Lipinski definition) is 6. The summed E-state index contributed by atoms with van der Waals surface area (Å²) >= 11 is 0. The van der Waals surface area contributed by atoms with Crippen LogP contribution >= 0.6 is 0 Å². The molecule has 1 saturated heterocycles. The van der Waals surface area contributed by atoms with Gasteiger partial charge in [0.1, 0.15) is 0 Å². The summed E-state index contributed by atoms with van der Waals surface area (Å²) in [5.74, 6) is 0.995. The van der Waals surface area contributed by atoms with Crippen molar-refractivity contribution in [2.24, 2.45) is 0 Å². The minimum absolute atomic E-state index is 0.326. The molecule has 0 radical (unpaired) electrons. The third-order valence-corrected chi connectivity index (χ3v) is 7.82. The first kappa shape index (κ1) is 21.5. The molecule has 5 rings (SSSR count). The maximum atomic E-state index is 12.8. The van der Waals surface area contributed by atoms with Crippen LogP contribution in [0.5, 0.6) is 0 Å². The molecule has 2 aromatic carbocycles. The van der Waals surface area contributed by atoms with Crippen molar-refractivity contribution in [2.75, 3.05) is 13.1 Å². The van der Waals surface area contributed by atoms with E-state index >= 15 is 0 Å². The van der Waals surface area contributed by atoms with Gasteiger partial charge in [0.05, 0.1) is 17.0 Å². The standard InChI is InChI=1S/C24H25N5O3S/c1-18-16-20(8-11-22(18)29-15-5-12-25-29)24-26-23(32-27-24)17-19-6-9-21(10-7-19)33(30,31)28-13-3-2-4-14-28/h5-12,15-16H,2-4,13-14,17H2,1H3. The molecule has 1 fully saturated rings. The van der Waals surface area contributed by atoms with Gasteiger partial charge in [0, 0.05) is 31.0 Å². The maximum absolute atomic E-state index is 12.8. The van der Waals surface area contributed by atoms with Gasteiger partial charge < -0.3 is 4.52 Å². The Kier molecular flexibility index (Phi) is 5.82. The molecule has 8 nitrogen and oxygen atoms in total. The first-order chi connectivity index (χ1) is 16.0. The van der Waals surface area contributed by atoms with Gasteiger partial charge in [-0.3, -0.25) is 0 Å². The molecule has 3 heterocycles. The van der Waals surface area contributed by atoms with Gasteiger partial charge in [0.25, 0.3) is 0 Å². The highest BCUT2D eigenvalue weighted by atomic mass is 32.2. The van der Waals surface area contributed by atoms with Crippen LogP contribution in [-0.2, 0) is 16.4 Å². The van der Waals surface area contributed by atoms with Gasteiger partial charge in [0.15, 0.2) is 0 Å². The van der Waals surface area contributed by atoms with Crippen LogP contribution in [0.2, 0.25) is 0 Å². The van der Waals surface area contributed by atoms with E-state index in [1.807, 2.05) is 54.2 Å².